The number of ether oxygens (including phenoxy) is 1. The molecule has 1 aliphatic carbocycles. The summed E-state index contributed by atoms with van der Waals surface area (Å²) in [6.07, 6.45) is 2.61. The van der Waals surface area contributed by atoms with E-state index in [1.807, 2.05) is 0 Å². The highest BCUT2D eigenvalue weighted by Gasteiger charge is 2.29. The van der Waals surface area contributed by atoms with Crippen molar-refractivity contribution in [2.45, 2.75) is 38.0 Å². The highest BCUT2D eigenvalue weighted by Crippen LogP contribution is 2.39. The molecule has 1 amide bonds. The van der Waals surface area contributed by atoms with Gasteiger partial charge in [0.05, 0.1) is 28.4 Å². The summed E-state index contributed by atoms with van der Waals surface area (Å²) in [7, 11) is -3.55. The third-order valence-electron chi connectivity index (χ3n) is 4.47. The van der Waals surface area contributed by atoms with Gasteiger partial charge >= 0.3 is 5.97 Å². The molecule has 0 saturated heterocycles. The fourth-order valence-corrected chi connectivity index (χ4v) is 5.53. The molecule has 1 aliphatic rings. The first-order valence-electron chi connectivity index (χ1n) is 8.83. The number of amides is 1. The van der Waals surface area contributed by atoms with Crippen LogP contribution in [0.2, 0.25) is 0 Å². The number of hydrogen-bond acceptors (Lipinski definition) is 6. The van der Waals surface area contributed by atoms with Crippen molar-refractivity contribution in [1.29, 1.82) is 0 Å². The molecule has 0 atom stereocenters. The Labute approximate surface area is 162 Å². The van der Waals surface area contributed by atoms with Crippen LogP contribution in [0.1, 0.15) is 51.4 Å². The molecule has 0 spiro atoms. The van der Waals surface area contributed by atoms with Gasteiger partial charge in [0.2, 0.25) is 0 Å². The van der Waals surface area contributed by atoms with Gasteiger partial charge in [0.25, 0.3) is 5.91 Å². The van der Waals surface area contributed by atoms with Gasteiger partial charge in [0.15, 0.2) is 9.84 Å². The molecule has 0 radical (unpaired) electrons. The lowest BCUT2D eigenvalue weighted by Crippen LogP contribution is -2.18. The van der Waals surface area contributed by atoms with Crippen LogP contribution in [-0.4, -0.2) is 32.7 Å². The number of benzene rings is 1. The predicted octanol–water partition coefficient (Wildman–Crippen LogP) is 3.46. The molecule has 6 nitrogen and oxygen atoms in total. The Hall–Kier alpha value is -2.19. The van der Waals surface area contributed by atoms with Crippen molar-refractivity contribution in [3.8, 4) is 0 Å². The monoisotopic (exact) mass is 407 g/mol. The maximum Gasteiger partial charge on any atom is 0.341 e. The molecule has 1 aromatic heterocycles. The quantitative estimate of drug-likeness (QED) is 0.741. The van der Waals surface area contributed by atoms with E-state index < -0.39 is 21.7 Å². The number of thiophene rings is 1. The van der Waals surface area contributed by atoms with E-state index in [0.717, 1.165) is 29.7 Å². The minimum Gasteiger partial charge on any atom is -0.462 e. The molecule has 0 aliphatic heterocycles. The van der Waals surface area contributed by atoms with E-state index >= 15 is 0 Å². The average molecular weight is 408 g/mol. The van der Waals surface area contributed by atoms with Gasteiger partial charge < -0.3 is 10.1 Å². The predicted molar refractivity (Wildman–Crippen MR) is 104 cm³/mol. The third kappa shape index (κ3) is 3.77. The molecule has 0 saturated carbocycles. The van der Waals surface area contributed by atoms with E-state index in [2.05, 4.69) is 5.32 Å². The summed E-state index contributed by atoms with van der Waals surface area (Å²) in [5, 5.41) is 3.17. The molecule has 0 fully saturated rings. The largest absolute Gasteiger partial charge is 0.462 e. The number of sulfone groups is 1. The van der Waals surface area contributed by atoms with Crippen molar-refractivity contribution in [3.63, 3.8) is 0 Å². The maximum absolute atomic E-state index is 12.8. The number of hydrogen-bond donors (Lipinski definition) is 1. The number of esters is 1. The summed E-state index contributed by atoms with van der Waals surface area (Å²) in [5.74, 6) is -1.10. The number of carbonyl (C=O) groups excluding carboxylic acids is 2. The van der Waals surface area contributed by atoms with Crippen LogP contribution in [-0.2, 0) is 27.4 Å². The van der Waals surface area contributed by atoms with Crippen molar-refractivity contribution in [1.82, 2.24) is 0 Å². The smallest absolute Gasteiger partial charge is 0.341 e. The van der Waals surface area contributed by atoms with Crippen molar-refractivity contribution in [3.05, 3.63) is 45.8 Å². The summed E-state index contributed by atoms with van der Waals surface area (Å²) in [5.41, 5.74) is 1.41. The Morgan fingerprint density at radius 1 is 1.19 bits per heavy atom. The molecule has 8 heteroatoms. The number of carbonyl (C=O) groups is 2. The number of anilines is 1. The molecule has 27 heavy (non-hydrogen) atoms. The van der Waals surface area contributed by atoms with Crippen LogP contribution in [0, 0.1) is 0 Å². The summed E-state index contributed by atoms with van der Waals surface area (Å²) in [6, 6.07) is 6.10. The van der Waals surface area contributed by atoms with E-state index in [0.29, 0.717) is 10.6 Å². The van der Waals surface area contributed by atoms with Gasteiger partial charge in [0.1, 0.15) is 5.00 Å². The van der Waals surface area contributed by atoms with Crippen LogP contribution < -0.4 is 5.32 Å². The molecule has 1 heterocycles. The molecular formula is C19H21NO5S2. The fraction of sp³-hybridized carbons (Fsp3) is 0.368. The topological polar surface area (TPSA) is 89.5 Å². The molecule has 1 aromatic carbocycles. The molecule has 144 valence electrons. The molecular weight excluding hydrogens is 386 g/mol. The average Bonchev–Trinajstić information content (AvgIpc) is 3.22. The first-order valence-corrected chi connectivity index (χ1v) is 11.3. The van der Waals surface area contributed by atoms with Crippen LogP contribution in [0.4, 0.5) is 5.00 Å². The molecule has 2 aromatic rings. The van der Waals surface area contributed by atoms with Gasteiger partial charge in [-0.15, -0.1) is 11.3 Å². The number of nitrogens with one attached hydrogen (secondary N) is 1. The first kappa shape index (κ1) is 19.6. The SMILES string of the molecule is CCOC(=O)c1c(NC(=O)c2ccccc2S(=O)(=O)CC)sc2c1CCC2. The zero-order valence-corrected chi connectivity index (χ0v) is 16.8. The van der Waals surface area contributed by atoms with Gasteiger partial charge in [-0.2, -0.15) is 0 Å². The van der Waals surface area contributed by atoms with Gasteiger partial charge in [-0.3, -0.25) is 4.79 Å². The van der Waals surface area contributed by atoms with E-state index in [-0.39, 0.29) is 22.8 Å². The zero-order chi connectivity index (χ0) is 19.6. The van der Waals surface area contributed by atoms with Crippen molar-refractivity contribution >= 4 is 38.1 Å². The highest BCUT2D eigenvalue weighted by atomic mass is 32.2. The Morgan fingerprint density at radius 3 is 2.63 bits per heavy atom. The minimum absolute atomic E-state index is 0.00761. The van der Waals surface area contributed by atoms with Crippen LogP contribution in [0.15, 0.2) is 29.2 Å². The lowest BCUT2D eigenvalue weighted by Gasteiger charge is -2.11. The van der Waals surface area contributed by atoms with Crippen LogP contribution >= 0.6 is 11.3 Å². The van der Waals surface area contributed by atoms with Gasteiger partial charge in [0, 0.05) is 4.88 Å². The standard InChI is InChI=1S/C19H21NO5S2/c1-3-25-19(22)16-12-9-7-10-14(12)26-18(16)20-17(21)13-8-5-6-11-15(13)27(23,24)4-2/h5-6,8,11H,3-4,7,9-10H2,1-2H3,(H,20,21). The Morgan fingerprint density at radius 2 is 1.93 bits per heavy atom. The second-order valence-corrected chi connectivity index (χ2v) is 9.49. The normalized spacial score (nSPS) is 13.3. The van der Waals surface area contributed by atoms with Gasteiger partial charge in [-0.05, 0) is 43.9 Å². The lowest BCUT2D eigenvalue weighted by molar-refractivity contribution is 0.0527. The number of fused-ring (bicyclic) bond motifs is 1. The molecule has 0 unspecified atom stereocenters. The van der Waals surface area contributed by atoms with E-state index in [4.69, 9.17) is 4.74 Å². The van der Waals surface area contributed by atoms with E-state index in [1.54, 1.807) is 19.1 Å². The van der Waals surface area contributed by atoms with Crippen LogP contribution in [0.3, 0.4) is 0 Å². The van der Waals surface area contributed by atoms with Crippen molar-refractivity contribution < 1.29 is 22.7 Å². The van der Waals surface area contributed by atoms with Gasteiger partial charge in [-0.25, -0.2) is 13.2 Å². The molecule has 3 rings (SSSR count). The Balaban J connectivity index is 1.98. The maximum atomic E-state index is 12.8. The number of aryl methyl sites for hydroxylation is 1. The van der Waals surface area contributed by atoms with E-state index in [9.17, 15) is 18.0 Å². The molecule has 1 N–H and O–H groups in total. The summed E-state index contributed by atoms with van der Waals surface area (Å²) < 4.78 is 29.8. The summed E-state index contributed by atoms with van der Waals surface area (Å²) >= 11 is 1.36. The zero-order valence-electron chi connectivity index (χ0n) is 15.2. The van der Waals surface area contributed by atoms with Gasteiger partial charge in [-0.1, -0.05) is 19.1 Å². The first-order chi connectivity index (χ1) is 12.9. The Bertz CT molecular complexity index is 992. The minimum atomic E-state index is -3.55. The number of rotatable bonds is 6. The highest BCUT2D eigenvalue weighted by molar-refractivity contribution is 7.91. The second kappa shape index (κ2) is 7.82. The summed E-state index contributed by atoms with van der Waals surface area (Å²) in [6.45, 7) is 3.51. The van der Waals surface area contributed by atoms with E-state index in [1.165, 1.54) is 30.4 Å². The van der Waals surface area contributed by atoms with Crippen LogP contribution in [0.5, 0.6) is 0 Å². The second-order valence-electron chi connectivity index (χ2n) is 6.14. The third-order valence-corrected chi connectivity index (χ3v) is 7.47. The lowest BCUT2D eigenvalue weighted by atomic mass is 10.1. The Kier molecular flexibility index (Phi) is 5.67. The fourth-order valence-electron chi connectivity index (χ4n) is 3.16. The van der Waals surface area contributed by atoms with Crippen molar-refractivity contribution in [2.75, 3.05) is 17.7 Å². The summed E-state index contributed by atoms with van der Waals surface area (Å²) in [4.78, 5) is 26.3. The van der Waals surface area contributed by atoms with Crippen LogP contribution in [0.25, 0.3) is 0 Å². The van der Waals surface area contributed by atoms with Crippen molar-refractivity contribution in [2.24, 2.45) is 0 Å². The molecule has 0 bridgehead atoms.